The van der Waals surface area contributed by atoms with E-state index in [4.69, 9.17) is 9.26 Å². The van der Waals surface area contributed by atoms with Crippen LogP contribution in [0.3, 0.4) is 0 Å². The van der Waals surface area contributed by atoms with Crippen LogP contribution in [0, 0.1) is 5.92 Å². The summed E-state index contributed by atoms with van der Waals surface area (Å²) in [5.41, 5.74) is 0.414. The molecule has 3 rings (SSSR count). The number of rotatable bonds is 8. The lowest BCUT2D eigenvalue weighted by Gasteiger charge is -2.23. The average molecular weight is 408 g/mol. The van der Waals surface area contributed by atoms with E-state index in [1.165, 1.54) is 11.4 Å². The Labute approximate surface area is 162 Å². The Balaban J connectivity index is 2.01. The number of anilines is 1. The van der Waals surface area contributed by atoms with Crippen molar-refractivity contribution in [1.82, 2.24) is 10.1 Å². The minimum absolute atomic E-state index is 0.0777. The molecule has 0 fully saturated rings. The van der Waals surface area contributed by atoms with E-state index >= 15 is 0 Å². The van der Waals surface area contributed by atoms with Crippen LogP contribution in [0.1, 0.15) is 25.6 Å². The molecule has 0 amide bonds. The molecule has 2 heterocycles. The molecule has 7 nitrogen and oxygen atoms in total. The Bertz CT molecular complexity index is 982. The van der Waals surface area contributed by atoms with Gasteiger partial charge in [-0.3, -0.25) is 4.31 Å². The number of nitrogens with zero attached hydrogens (tertiary/aromatic N) is 3. The van der Waals surface area contributed by atoms with E-state index in [2.05, 4.69) is 24.0 Å². The highest BCUT2D eigenvalue weighted by Gasteiger charge is 2.30. The van der Waals surface area contributed by atoms with Gasteiger partial charge in [0, 0.05) is 6.42 Å². The van der Waals surface area contributed by atoms with Gasteiger partial charge in [0.2, 0.25) is 5.89 Å². The van der Waals surface area contributed by atoms with Crippen molar-refractivity contribution < 1.29 is 17.7 Å². The van der Waals surface area contributed by atoms with Crippen molar-refractivity contribution in [2.24, 2.45) is 5.92 Å². The molecule has 2 aromatic heterocycles. The molecule has 0 saturated carbocycles. The second-order valence-corrected chi connectivity index (χ2v) is 9.35. The van der Waals surface area contributed by atoms with Gasteiger partial charge in [-0.05, 0) is 29.5 Å². The van der Waals surface area contributed by atoms with Crippen LogP contribution in [0.5, 0.6) is 5.75 Å². The van der Waals surface area contributed by atoms with Crippen LogP contribution in [0.2, 0.25) is 0 Å². The Hall–Kier alpha value is -2.39. The zero-order chi connectivity index (χ0) is 19.4. The predicted molar refractivity (Wildman–Crippen MR) is 104 cm³/mol. The molecule has 1 aromatic carbocycles. The van der Waals surface area contributed by atoms with Crippen molar-refractivity contribution in [2.75, 3.05) is 11.4 Å². The third kappa shape index (κ3) is 4.30. The van der Waals surface area contributed by atoms with Gasteiger partial charge in [0.05, 0.1) is 12.8 Å². The molecule has 0 unspecified atom stereocenters. The second kappa shape index (κ2) is 8.10. The van der Waals surface area contributed by atoms with Gasteiger partial charge in [-0.25, -0.2) is 8.42 Å². The molecule has 9 heteroatoms. The standard InChI is InChI=1S/C18H21N3O4S2/c1-13(2)11-16-19-17(25-20-16)12-21(14-7-4-5-8-15(14)24-3)27(22,23)18-9-6-10-26-18/h4-10,13H,11-12H2,1-3H3. The van der Waals surface area contributed by atoms with Crippen LogP contribution in [0.4, 0.5) is 5.69 Å². The highest BCUT2D eigenvalue weighted by atomic mass is 32.2. The van der Waals surface area contributed by atoms with Gasteiger partial charge in [0.25, 0.3) is 10.0 Å². The maximum Gasteiger partial charge on any atom is 0.274 e. The zero-order valence-corrected chi connectivity index (χ0v) is 17.0. The van der Waals surface area contributed by atoms with Gasteiger partial charge in [0.15, 0.2) is 5.82 Å². The molecule has 0 aliphatic carbocycles. The van der Waals surface area contributed by atoms with Crippen LogP contribution in [0.25, 0.3) is 0 Å². The topological polar surface area (TPSA) is 85.5 Å². The number of aromatic nitrogens is 2. The summed E-state index contributed by atoms with van der Waals surface area (Å²) in [6, 6.07) is 10.2. The van der Waals surface area contributed by atoms with E-state index in [0.717, 1.165) is 11.3 Å². The van der Waals surface area contributed by atoms with E-state index in [1.807, 2.05) is 0 Å². The molecule has 144 valence electrons. The van der Waals surface area contributed by atoms with Crippen molar-refractivity contribution >= 4 is 27.0 Å². The number of para-hydroxylation sites is 2. The van der Waals surface area contributed by atoms with Crippen LogP contribution in [0.15, 0.2) is 50.5 Å². The predicted octanol–water partition coefficient (Wildman–Crippen LogP) is 3.73. The highest BCUT2D eigenvalue weighted by molar-refractivity contribution is 7.94. The van der Waals surface area contributed by atoms with E-state index < -0.39 is 10.0 Å². The quantitative estimate of drug-likeness (QED) is 0.565. The Morgan fingerprint density at radius 2 is 2.00 bits per heavy atom. The average Bonchev–Trinajstić information content (AvgIpc) is 3.31. The first-order valence-corrected chi connectivity index (χ1v) is 10.7. The van der Waals surface area contributed by atoms with Crippen molar-refractivity contribution in [3.63, 3.8) is 0 Å². The number of ether oxygens (including phenoxy) is 1. The van der Waals surface area contributed by atoms with Crippen LogP contribution in [-0.2, 0) is 23.0 Å². The summed E-state index contributed by atoms with van der Waals surface area (Å²) in [6.07, 6.45) is 0.663. The van der Waals surface area contributed by atoms with Crippen molar-refractivity contribution in [1.29, 1.82) is 0 Å². The summed E-state index contributed by atoms with van der Waals surface area (Å²) in [4.78, 5) is 4.34. The van der Waals surface area contributed by atoms with Crippen molar-refractivity contribution in [2.45, 2.75) is 31.0 Å². The number of thiophene rings is 1. The van der Waals surface area contributed by atoms with E-state index in [0.29, 0.717) is 29.6 Å². The number of sulfonamides is 1. The van der Waals surface area contributed by atoms with Crippen molar-refractivity contribution in [3.8, 4) is 5.75 Å². The smallest absolute Gasteiger partial charge is 0.274 e. The van der Waals surface area contributed by atoms with Gasteiger partial charge < -0.3 is 9.26 Å². The minimum Gasteiger partial charge on any atom is -0.495 e. The lowest BCUT2D eigenvalue weighted by molar-refractivity contribution is 0.371. The first-order chi connectivity index (χ1) is 12.9. The van der Waals surface area contributed by atoms with E-state index in [1.54, 1.807) is 41.8 Å². The highest BCUT2D eigenvalue weighted by Crippen LogP contribution is 2.34. The lowest BCUT2D eigenvalue weighted by Crippen LogP contribution is -2.30. The third-order valence-corrected chi connectivity index (χ3v) is 6.91. The van der Waals surface area contributed by atoms with Crippen molar-refractivity contribution in [3.05, 3.63) is 53.5 Å². The van der Waals surface area contributed by atoms with Gasteiger partial charge in [-0.15, -0.1) is 11.3 Å². The van der Waals surface area contributed by atoms with Gasteiger partial charge in [-0.2, -0.15) is 4.98 Å². The third-order valence-electron chi connectivity index (χ3n) is 3.77. The summed E-state index contributed by atoms with van der Waals surface area (Å²) in [6.45, 7) is 4.03. The summed E-state index contributed by atoms with van der Waals surface area (Å²) in [5.74, 6) is 1.61. The maximum atomic E-state index is 13.2. The normalized spacial score (nSPS) is 11.7. The fraction of sp³-hybridized carbons (Fsp3) is 0.333. The molecular weight excluding hydrogens is 386 g/mol. The Morgan fingerprint density at radius 1 is 1.22 bits per heavy atom. The summed E-state index contributed by atoms with van der Waals surface area (Å²) in [7, 11) is -2.31. The number of hydrogen-bond donors (Lipinski definition) is 0. The summed E-state index contributed by atoms with van der Waals surface area (Å²) < 4.78 is 38.6. The zero-order valence-electron chi connectivity index (χ0n) is 15.3. The number of hydrogen-bond acceptors (Lipinski definition) is 7. The van der Waals surface area contributed by atoms with Crippen LogP contribution in [-0.4, -0.2) is 25.7 Å². The fourth-order valence-corrected chi connectivity index (χ4v) is 5.11. The van der Waals surface area contributed by atoms with Gasteiger partial charge in [-0.1, -0.05) is 37.2 Å². The maximum absolute atomic E-state index is 13.2. The molecule has 0 bridgehead atoms. The largest absolute Gasteiger partial charge is 0.495 e. The molecule has 0 aliphatic heterocycles. The first-order valence-electron chi connectivity index (χ1n) is 8.42. The van der Waals surface area contributed by atoms with Gasteiger partial charge in [0.1, 0.15) is 16.5 Å². The first kappa shape index (κ1) is 19.4. The molecule has 0 N–H and O–H groups in total. The molecule has 3 aromatic rings. The molecular formula is C18H21N3O4S2. The van der Waals surface area contributed by atoms with E-state index in [-0.39, 0.29) is 16.6 Å². The summed E-state index contributed by atoms with van der Waals surface area (Å²) in [5, 5.41) is 5.68. The molecule has 0 atom stereocenters. The molecule has 0 radical (unpaired) electrons. The van der Waals surface area contributed by atoms with E-state index in [9.17, 15) is 8.42 Å². The minimum atomic E-state index is -3.81. The molecule has 0 saturated heterocycles. The number of benzene rings is 1. The van der Waals surface area contributed by atoms with Gasteiger partial charge >= 0.3 is 0 Å². The second-order valence-electron chi connectivity index (χ2n) is 6.32. The lowest BCUT2D eigenvalue weighted by atomic mass is 10.1. The van der Waals surface area contributed by atoms with Crippen LogP contribution < -0.4 is 9.04 Å². The Kier molecular flexibility index (Phi) is 5.81. The monoisotopic (exact) mass is 407 g/mol. The molecule has 0 aliphatic rings. The molecule has 27 heavy (non-hydrogen) atoms. The Morgan fingerprint density at radius 3 is 2.67 bits per heavy atom. The summed E-state index contributed by atoms with van der Waals surface area (Å²) >= 11 is 1.15. The SMILES string of the molecule is COc1ccccc1N(Cc1nc(CC(C)C)no1)S(=O)(=O)c1cccs1. The number of methoxy groups -OCH3 is 1. The van der Waals surface area contributed by atoms with Crippen LogP contribution >= 0.6 is 11.3 Å². The fourth-order valence-electron chi connectivity index (χ4n) is 2.58. The molecule has 0 spiro atoms.